The summed E-state index contributed by atoms with van der Waals surface area (Å²) in [7, 11) is -3.34. The third-order valence-electron chi connectivity index (χ3n) is 3.58. The molecule has 1 N–H and O–H groups in total. The Hall–Kier alpha value is -1.18. The Labute approximate surface area is 122 Å². The number of aromatic nitrogens is 2. The first kappa shape index (κ1) is 13.8. The fraction of sp³-hybridized carbons (Fsp3) is 0.462. The van der Waals surface area contributed by atoms with Crippen LogP contribution in [0, 0.1) is 6.92 Å². The zero-order valence-corrected chi connectivity index (χ0v) is 12.9. The Balaban J connectivity index is 1.82. The van der Waals surface area contributed by atoms with Crippen molar-refractivity contribution in [2.24, 2.45) is 0 Å². The molecule has 1 atom stereocenters. The Morgan fingerprint density at radius 1 is 1.50 bits per heavy atom. The number of aromatic amines is 1. The SMILES string of the molecule is Cc1cnc([C@@H]2CCCN(S(=O)(=O)c3cccs3)C2)[nH]1. The number of thiophene rings is 1. The number of piperidine rings is 1. The number of imidazole rings is 1. The first-order chi connectivity index (χ1) is 9.57. The average molecular weight is 311 g/mol. The van der Waals surface area contributed by atoms with Crippen molar-refractivity contribution in [2.45, 2.75) is 29.9 Å². The van der Waals surface area contributed by atoms with Crippen molar-refractivity contribution in [2.75, 3.05) is 13.1 Å². The Bertz CT molecular complexity index is 676. The molecule has 1 aliphatic heterocycles. The van der Waals surface area contributed by atoms with Crippen molar-refractivity contribution in [3.8, 4) is 0 Å². The van der Waals surface area contributed by atoms with Crippen LogP contribution in [0.25, 0.3) is 0 Å². The van der Waals surface area contributed by atoms with Crippen LogP contribution in [-0.4, -0.2) is 35.8 Å². The summed E-state index contributed by atoms with van der Waals surface area (Å²) in [6.45, 7) is 3.06. The van der Waals surface area contributed by atoms with Crippen LogP contribution in [0.5, 0.6) is 0 Å². The van der Waals surface area contributed by atoms with Gasteiger partial charge in [-0.25, -0.2) is 13.4 Å². The predicted octanol–water partition coefficient (Wildman–Crippen LogP) is 2.35. The van der Waals surface area contributed by atoms with Gasteiger partial charge in [0.05, 0.1) is 0 Å². The summed E-state index contributed by atoms with van der Waals surface area (Å²) >= 11 is 1.27. The zero-order valence-electron chi connectivity index (χ0n) is 11.2. The monoisotopic (exact) mass is 311 g/mol. The van der Waals surface area contributed by atoms with Gasteiger partial charge in [0.1, 0.15) is 10.0 Å². The predicted molar refractivity (Wildman–Crippen MR) is 78.4 cm³/mol. The van der Waals surface area contributed by atoms with E-state index in [1.807, 2.05) is 6.92 Å². The van der Waals surface area contributed by atoms with Gasteiger partial charge < -0.3 is 4.98 Å². The molecule has 2 aromatic heterocycles. The van der Waals surface area contributed by atoms with E-state index in [4.69, 9.17) is 0 Å². The van der Waals surface area contributed by atoms with Crippen molar-refractivity contribution in [1.29, 1.82) is 0 Å². The van der Waals surface area contributed by atoms with Gasteiger partial charge in [0, 0.05) is 30.9 Å². The van der Waals surface area contributed by atoms with E-state index < -0.39 is 10.0 Å². The fourth-order valence-electron chi connectivity index (χ4n) is 2.56. The second-order valence-electron chi connectivity index (χ2n) is 5.09. The second-order valence-corrected chi connectivity index (χ2v) is 8.20. The van der Waals surface area contributed by atoms with E-state index in [1.54, 1.807) is 28.0 Å². The van der Waals surface area contributed by atoms with Crippen LogP contribution in [0.4, 0.5) is 0 Å². The van der Waals surface area contributed by atoms with E-state index in [0.717, 1.165) is 24.4 Å². The number of nitrogens with zero attached hydrogens (tertiary/aromatic N) is 2. The summed E-state index contributed by atoms with van der Waals surface area (Å²) in [4.78, 5) is 7.57. The highest BCUT2D eigenvalue weighted by Gasteiger charge is 2.32. The van der Waals surface area contributed by atoms with Crippen molar-refractivity contribution >= 4 is 21.4 Å². The lowest BCUT2D eigenvalue weighted by Gasteiger charge is -2.30. The molecule has 0 aliphatic carbocycles. The highest BCUT2D eigenvalue weighted by molar-refractivity contribution is 7.91. The van der Waals surface area contributed by atoms with E-state index in [2.05, 4.69) is 9.97 Å². The highest BCUT2D eigenvalue weighted by Crippen LogP contribution is 2.30. The van der Waals surface area contributed by atoms with E-state index in [-0.39, 0.29) is 5.92 Å². The number of H-pyrrole nitrogens is 1. The highest BCUT2D eigenvalue weighted by atomic mass is 32.2. The quantitative estimate of drug-likeness (QED) is 0.946. The van der Waals surface area contributed by atoms with Gasteiger partial charge in [-0.1, -0.05) is 6.07 Å². The van der Waals surface area contributed by atoms with E-state index in [1.165, 1.54) is 11.3 Å². The summed E-state index contributed by atoms with van der Waals surface area (Å²) in [6, 6.07) is 3.44. The molecule has 7 heteroatoms. The molecular formula is C13H17N3O2S2. The van der Waals surface area contributed by atoms with Crippen molar-refractivity contribution in [1.82, 2.24) is 14.3 Å². The summed E-state index contributed by atoms with van der Waals surface area (Å²) in [5, 5.41) is 1.80. The fourth-order valence-corrected chi connectivity index (χ4v) is 5.23. The molecule has 0 bridgehead atoms. The molecule has 1 fully saturated rings. The Morgan fingerprint density at radius 2 is 2.35 bits per heavy atom. The minimum Gasteiger partial charge on any atom is -0.346 e. The zero-order chi connectivity index (χ0) is 14.2. The maximum absolute atomic E-state index is 12.5. The smallest absolute Gasteiger partial charge is 0.252 e. The normalized spacial score (nSPS) is 21.1. The minimum absolute atomic E-state index is 0.159. The first-order valence-corrected chi connectivity index (χ1v) is 8.94. The second kappa shape index (κ2) is 5.31. The molecule has 2 aromatic rings. The maximum Gasteiger partial charge on any atom is 0.252 e. The molecule has 3 heterocycles. The molecule has 1 aliphatic rings. The van der Waals surface area contributed by atoms with E-state index in [9.17, 15) is 8.42 Å². The third kappa shape index (κ3) is 2.53. The molecule has 108 valence electrons. The molecule has 0 aromatic carbocycles. The van der Waals surface area contributed by atoms with Crippen LogP contribution < -0.4 is 0 Å². The molecule has 0 unspecified atom stereocenters. The summed E-state index contributed by atoms with van der Waals surface area (Å²) in [5.41, 5.74) is 1.01. The Morgan fingerprint density at radius 3 is 3.00 bits per heavy atom. The summed E-state index contributed by atoms with van der Waals surface area (Å²) in [6.07, 6.45) is 3.64. The number of sulfonamides is 1. The molecule has 0 saturated carbocycles. The topological polar surface area (TPSA) is 66.1 Å². The molecule has 5 nitrogen and oxygen atoms in total. The lowest BCUT2D eigenvalue weighted by Crippen LogP contribution is -2.39. The van der Waals surface area contributed by atoms with Gasteiger partial charge >= 0.3 is 0 Å². The van der Waals surface area contributed by atoms with E-state index in [0.29, 0.717) is 17.3 Å². The van der Waals surface area contributed by atoms with Crippen LogP contribution in [-0.2, 0) is 10.0 Å². The van der Waals surface area contributed by atoms with E-state index >= 15 is 0 Å². The maximum atomic E-state index is 12.5. The molecule has 0 radical (unpaired) electrons. The minimum atomic E-state index is -3.34. The van der Waals surface area contributed by atoms with Crippen LogP contribution in [0.2, 0.25) is 0 Å². The van der Waals surface area contributed by atoms with Crippen molar-refractivity contribution < 1.29 is 8.42 Å². The Kier molecular flexibility index (Phi) is 3.66. The first-order valence-electron chi connectivity index (χ1n) is 6.62. The van der Waals surface area contributed by atoms with Crippen molar-refractivity contribution in [3.63, 3.8) is 0 Å². The molecule has 0 amide bonds. The van der Waals surface area contributed by atoms with Gasteiger partial charge in [-0.3, -0.25) is 0 Å². The number of aryl methyl sites for hydroxylation is 1. The molecular weight excluding hydrogens is 294 g/mol. The van der Waals surface area contributed by atoms with Crippen molar-refractivity contribution in [3.05, 3.63) is 35.2 Å². The average Bonchev–Trinajstić information content (AvgIpc) is 3.10. The van der Waals surface area contributed by atoms with Crippen LogP contribution in [0.3, 0.4) is 0 Å². The van der Waals surface area contributed by atoms with Crippen LogP contribution in [0.1, 0.15) is 30.3 Å². The molecule has 3 rings (SSSR count). The number of hydrogen-bond donors (Lipinski definition) is 1. The molecule has 0 spiro atoms. The summed E-state index contributed by atoms with van der Waals surface area (Å²) in [5.74, 6) is 1.06. The lowest BCUT2D eigenvalue weighted by molar-refractivity contribution is 0.310. The molecule has 1 saturated heterocycles. The van der Waals surface area contributed by atoms with Crippen LogP contribution >= 0.6 is 11.3 Å². The third-order valence-corrected chi connectivity index (χ3v) is 6.82. The number of rotatable bonds is 3. The number of hydrogen-bond acceptors (Lipinski definition) is 4. The van der Waals surface area contributed by atoms with Gasteiger partial charge in [0.2, 0.25) is 0 Å². The van der Waals surface area contributed by atoms with Gasteiger partial charge in [-0.15, -0.1) is 11.3 Å². The number of nitrogens with one attached hydrogen (secondary N) is 1. The van der Waals surface area contributed by atoms with Gasteiger partial charge in [-0.2, -0.15) is 4.31 Å². The van der Waals surface area contributed by atoms with Gasteiger partial charge in [0.25, 0.3) is 10.0 Å². The van der Waals surface area contributed by atoms with Gasteiger partial charge in [-0.05, 0) is 31.2 Å². The van der Waals surface area contributed by atoms with Crippen LogP contribution in [0.15, 0.2) is 27.9 Å². The lowest BCUT2D eigenvalue weighted by atomic mass is 9.99. The summed E-state index contributed by atoms with van der Waals surface area (Å²) < 4.78 is 27.1. The largest absolute Gasteiger partial charge is 0.346 e. The molecule has 20 heavy (non-hydrogen) atoms. The van der Waals surface area contributed by atoms with Gasteiger partial charge in [0.15, 0.2) is 0 Å². The standard InChI is InChI=1S/C13H17N3O2S2/c1-10-8-14-13(15-10)11-4-2-6-16(9-11)20(17,18)12-5-3-7-19-12/h3,5,7-8,11H,2,4,6,9H2,1H3,(H,14,15)/t11-/m1/s1.